The van der Waals surface area contributed by atoms with Crippen molar-refractivity contribution in [3.8, 4) is 5.75 Å². The maximum absolute atomic E-state index is 11.6. The first-order valence-electron chi connectivity index (χ1n) is 4.28. The fourth-order valence-electron chi connectivity index (χ4n) is 1.39. The molecule has 1 saturated heterocycles. The lowest BCUT2D eigenvalue weighted by molar-refractivity contribution is 0.0422. The summed E-state index contributed by atoms with van der Waals surface area (Å²) in [6.45, 7) is 0.650. The topological polar surface area (TPSA) is 64.3 Å². The quantitative estimate of drug-likeness (QED) is 0.819. The SMILES string of the molecule is O=c1c(Br)c(O)cnn1C1CCCO1. The average molecular weight is 261 g/mol. The molecule has 2 rings (SSSR count). The van der Waals surface area contributed by atoms with Gasteiger partial charge in [0.1, 0.15) is 4.47 Å². The first-order valence-corrected chi connectivity index (χ1v) is 5.07. The molecule has 5 nitrogen and oxygen atoms in total. The fourth-order valence-corrected chi connectivity index (χ4v) is 1.68. The van der Waals surface area contributed by atoms with Crippen molar-refractivity contribution >= 4 is 15.9 Å². The molecule has 1 aliphatic rings. The Hall–Kier alpha value is -0.880. The number of aromatic nitrogens is 2. The van der Waals surface area contributed by atoms with Crippen LogP contribution in [0, 0.1) is 0 Å². The molecule has 0 aromatic carbocycles. The predicted octanol–water partition coefficient (Wildman–Crippen LogP) is 1.02. The molecular weight excluding hydrogens is 252 g/mol. The minimum atomic E-state index is -0.364. The highest BCUT2D eigenvalue weighted by Crippen LogP contribution is 2.23. The number of nitrogens with zero attached hydrogens (tertiary/aromatic N) is 2. The summed E-state index contributed by atoms with van der Waals surface area (Å²) < 4.78 is 6.69. The first-order chi connectivity index (χ1) is 6.70. The van der Waals surface area contributed by atoms with Gasteiger partial charge in [-0.3, -0.25) is 4.79 Å². The van der Waals surface area contributed by atoms with Crippen LogP contribution in [0.3, 0.4) is 0 Å². The van der Waals surface area contributed by atoms with Crippen molar-refractivity contribution < 1.29 is 9.84 Å². The molecule has 76 valence electrons. The number of hydrogen-bond acceptors (Lipinski definition) is 4. The second-order valence-electron chi connectivity index (χ2n) is 3.06. The molecule has 2 heterocycles. The van der Waals surface area contributed by atoms with Crippen molar-refractivity contribution in [2.24, 2.45) is 0 Å². The molecule has 0 saturated carbocycles. The maximum atomic E-state index is 11.6. The Morgan fingerprint density at radius 2 is 2.50 bits per heavy atom. The van der Waals surface area contributed by atoms with E-state index in [2.05, 4.69) is 21.0 Å². The lowest BCUT2D eigenvalue weighted by Gasteiger charge is -2.11. The average Bonchev–Trinajstić information content (AvgIpc) is 2.67. The Morgan fingerprint density at radius 3 is 3.14 bits per heavy atom. The van der Waals surface area contributed by atoms with Gasteiger partial charge in [0.2, 0.25) is 0 Å². The normalized spacial score (nSPS) is 21.4. The summed E-state index contributed by atoms with van der Waals surface area (Å²) in [4.78, 5) is 11.6. The van der Waals surface area contributed by atoms with Crippen molar-refractivity contribution in [1.82, 2.24) is 9.78 Å². The van der Waals surface area contributed by atoms with Crippen molar-refractivity contribution in [3.63, 3.8) is 0 Å². The van der Waals surface area contributed by atoms with E-state index in [-0.39, 0.29) is 22.0 Å². The minimum absolute atomic E-state index is 0.128. The van der Waals surface area contributed by atoms with Crippen LogP contribution in [-0.2, 0) is 4.74 Å². The predicted molar refractivity (Wildman–Crippen MR) is 52.1 cm³/mol. The lowest BCUT2D eigenvalue weighted by Crippen LogP contribution is -2.27. The molecule has 1 aliphatic heterocycles. The van der Waals surface area contributed by atoms with E-state index in [1.54, 1.807) is 0 Å². The molecule has 1 aromatic rings. The van der Waals surface area contributed by atoms with Gasteiger partial charge in [-0.25, -0.2) is 0 Å². The third-order valence-electron chi connectivity index (χ3n) is 2.10. The number of rotatable bonds is 1. The van der Waals surface area contributed by atoms with Gasteiger partial charge in [-0.05, 0) is 28.8 Å². The molecule has 1 N–H and O–H groups in total. The first kappa shape index (κ1) is 9.67. The van der Waals surface area contributed by atoms with Crippen LogP contribution in [0.2, 0.25) is 0 Å². The van der Waals surface area contributed by atoms with E-state index in [0.717, 1.165) is 12.8 Å². The summed E-state index contributed by atoms with van der Waals surface area (Å²) in [5.74, 6) is -0.149. The maximum Gasteiger partial charge on any atom is 0.287 e. The van der Waals surface area contributed by atoms with Gasteiger partial charge in [-0.1, -0.05) is 0 Å². The summed E-state index contributed by atoms with van der Waals surface area (Å²) in [6, 6.07) is 0. The van der Waals surface area contributed by atoms with Gasteiger partial charge in [0.05, 0.1) is 6.20 Å². The molecule has 14 heavy (non-hydrogen) atoms. The van der Waals surface area contributed by atoms with Crippen LogP contribution in [-0.4, -0.2) is 21.5 Å². The largest absolute Gasteiger partial charge is 0.505 e. The standard InChI is InChI=1S/C8H9BrN2O3/c9-7-5(12)4-10-11(8(7)13)6-2-1-3-14-6/h4,6,12H,1-3H2. The van der Waals surface area contributed by atoms with Gasteiger partial charge in [-0.2, -0.15) is 9.78 Å². The summed E-state index contributed by atoms with van der Waals surface area (Å²) >= 11 is 3.00. The van der Waals surface area contributed by atoms with Crippen molar-refractivity contribution in [1.29, 1.82) is 0 Å². The van der Waals surface area contributed by atoms with Gasteiger partial charge >= 0.3 is 0 Å². The van der Waals surface area contributed by atoms with E-state index in [0.29, 0.717) is 6.61 Å². The summed E-state index contributed by atoms with van der Waals surface area (Å²) in [7, 11) is 0. The Bertz CT molecular complexity index is 398. The number of ether oxygens (including phenoxy) is 1. The second-order valence-corrected chi connectivity index (χ2v) is 3.85. The van der Waals surface area contributed by atoms with Gasteiger partial charge in [-0.15, -0.1) is 0 Å². The summed E-state index contributed by atoms with van der Waals surface area (Å²) in [5, 5.41) is 13.0. The van der Waals surface area contributed by atoms with E-state index in [4.69, 9.17) is 4.74 Å². The molecule has 1 fully saturated rings. The molecule has 1 atom stereocenters. The Kier molecular flexibility index (Phi) is 2.56. The number of halogens is 1. The molecule has 0 amide bonds. The molecular formula is C8H9BrN2O3. The smallest absolute Gasteiger partial charge is 0.287 e. The zero-order chi connectivity index (χ0) is 10.1. The van der Waals surface area contributed by atoms with Crippen LogP contribution in [0.25, 0.3) is 0 Å². The van der Waals surface area contributed by atoms with E-state index >= 15 is 0 Å². The van der Waals surface area contributed by atoms with Crippen LogP contribution >= 0.6 is 15.9 Å². The van der Waals surface area contributed by atoms with Crippen LogP contribution in [0.5, 0.6) is 5.75 Å². The third-order valence-corrected chi connectivity index (χ3v) is 2.85. The summed E-state index contributed by atoms with van der Waals surface area (Å²) in [5.41, 5.74) is -0.364. The van der Waals surface area contributed by atoms with Crippen LogP contribution in [0.1, 0.15) is 19.1 Å². The molecule has 1 unspecified atom stereocenters. The zero-order valence-corrected chi connectivity index (χ0v) is 8.90. The minimum Gasteiger partial charge on any atom is -0.505 e. The van der Waals surface area contributed by atoms with E-state index in [1.807, 2.05) is 0 Å². The Labute approximate surface area is 88.4 Å². The van der Waals surface area contributed by atoms with Crippen LogP contribution in [0.15, 0.2) is 15.5 Å². The highest BCUT2D eigenvalue weighted by molar-refractivity contribution is 9.10. The second kappa shape index (κ2) is 3.70. The van der Waals surface area contributed by atoms with Crippen molar-refractivity contribution in [2.45, 2.75) is 19.1 Å². The number of hydrogen-bond donors (Lipinski definition) is 1. The molecule has 0 spiro atoms. The highest BCUT2D eigenvalue weighted by atomic mass is 79.9. The van der Waals surface area contributed by atoms with Gasteiger partial charge in [0, 0.05) is 6.61 Å². The molecule has 1 aromatic heterocycles. The molecule has 6 heteroatoms. The highest BCUT2D eigenvalue weighted by Gasteiger charge is 2.21. The summed E-state index contributed by atoms with van der Waals surface area (Å²) in [6.07, 6.45) is 2.65. The van der Waals surface area contributed by atoms with Crippen LogP contribution in [0.4, 0.5) is 0 Å². The Balaban J connectivity index is 2.44. The van der Waals surface area contributed by atoms with Gasteiger partial charge in [0.15, 0.2) is 12.0 Å². The van der Waals surface area contributed by atoms with Crippen molar-refractivity contribution in [3.05, 3.63) is 21.0 Å². The number of aromatic hydroxyl groups is 1. The van der Waals surface area contributed by atoms with E-state index in [1.165, 1.54) is 10.9 Å². The van der Waals surface area contributed by atoms with Gasteiger partial charge < -0.3 is 9.84 Å². The molecule has 0 aliphatic carbocycles. The van der Waals surface area contributed by atoms with Crippen molar-refractivity contribution in [2.75, 3.05) is 6.61 Å². The third kappa shape index (κ3) is 1.55. The van der Waals surface area contributed by atoms with E-state index in [9.17, 15) is 9.90 Å². The molecule has 0 radical (unpaired) electrons. The lowest BCUT2D eigenvalue weighted by atomic mass is 10.3. The monoisotopic (exact) mass is 260 g/mol. The van der Waals surface area contributed by atoms with Gasteiger partial charge in [0.25, 0.3) is 5.56 Å². The van der Waals surface area contributed by atoms with Crippen LogP contribution < -0.4 is 5.56 Å². The fraction of sp³-hybridized carbons (Fsp3) is 0.500. The zero-order valence-electron chi connectivity index (χ0n) is 7.31. The van der Waals surface area contributed by atoms with E-state index < -0.39 is 0 Å². The Morgan fingerprint density at radius 1 is 1.71 bits per heavy atom. The molecule has 0 bridgehead atoms.